The van der Waals surface area contributed by atoms with Crippen LogP contribution in [0.1, 0.15) is 37.9 Å². The van der Waals surface area contributed by atoms with Gasteiger partial charge in [0.2, 0.25) is 0 Å². The van der Waals surface area contributed by atoms with Crippen LogP contribution in [0.3, 0.4) is 0 Å². The molecule has 4 heteroatoms. The zero-order valence-corrected chi connectivity index (χ0v) is 10.9. The van der Waals surface area contributed by atoms with Crippen LogP contribution < -0.4 is 5.32 Å². The Kier molecular flexibility index (Phi) is 5.08. The van der Waals surface area contributed by atoms with Crippen molar-refractivity contribution in [3.05, 3.63) is 29.8 Å². The summed E-state index contributed by atoms with van der Waals surface area (Å²) in [5.41, 5.74) is 0.529. The number of ether oxygens (including phenoxy) is 1. The molecule has 1 N–H and O–H groups in total. The fourth-order valence-electron chi connectivity index (χ4n) is 2.44. The monoisotopic (exact) mass is 252 g/mol. The molecule has 1 fully saturated rings. The first-order valence-corrected chi connectivity index (χ1v) is 6.74. The first kappa shape index (κ1) is 13.4. The van der Waals surface area contributed by atoms with Crippen LogP contribution >= 0.6 is 0 Å². The average molecular weight is 252 g/mol. The van der Waals surface area contributed by atoms with E-state index in [1.54, 1.807) is 12.3 Å². The molecule has 0 bridgehead atoms. The van der Waals surface area contributed by atoms with E-state index in [0.717, 1.165) is 32.4 Å². The van der Waals surface area contributed by atoms with Crippen molar-refractivity contribution in [2.24, 2.45) is 5.92 Å². The molecule has 0 spiro atoms. The summed E-state index contributed by atoms with van der Waals surface area (Å²) in [6.45, 7) is 4.49. The standard InChI is InChI=1S/C14H21FN2O/c1-2-7-16-13(11-5-4-9-18-10-11)14-12(15)6-3-8-17-14/h3,6,8,11,13,16H,2,4-5,7,9-10H2,1H3. The van der Waals surface area contributed by atoms with Gasteiger partial charge >= 0.3 is 0 Å². The maximum atomic E-state index is 13.9. The molecule has 1 aliphatic rings. The fourth-order valence-corrected chi connectivity index (χ4v) is 2.44. The largest absolute Gasteiger partial charge is 0.381 e. The molecule has 3 nitrogen and oxygen atoms in total. The van der Waals surface area contributed by atoms with Gasteiger partial charge in [-0.15, -0.1) is 0 Å². The zero-order valence-electron chi connectivity index (χ0n) is 10.9. The molecule has 1 aromatic heterocycles. The Labute approximate surface area is 108 Å². The highest BCUT2D eigenvalue weighted by Gasteiger charge is 2.28. The van der Waals surface area contributed by atoms with Crippen LogP contribution in [-0.4, -0.2) is 24.7 Å². The lowest BCUT2D eigenvalue weighted by Gasteiger charge is -2.30. The Bertz CT molecular complexity index is 367. The normalized spacial score (nSPS) is 21.8. The van der Waals surface area contributed by atoms with Crippen LogP contribution in [0.15, 0.2) is 18.3 Å². The van der Waals surface area contributed by atoms with E-state index in [1.165, 1.54) is 6.07 Å². The van der Waals surface area contributed by atoms with Gasteiger partial charge in [-0.2, -0.15) is 0 Å². The van der Waals surface area contributed by atoms with E-state index in [4.69, 9.17) is 4.74 Å². The molecule has 1 aliphatic heterocycles. The number of rotatable bonds is 5. The van der Waals surface area contributed by atoms with E-state index in [2.05, 4.69) is 17.2 Å². The maximum Gasteiger partial charge on any atom is 0.146 e. The lowest BCUT2D eigenvalue weighted by atomic mass is 9.91. The van der Waals surface area contributed by atoms with Crippen LogP contribution in [-0.2, 0) is 4.74 Å². The minimum Gasteiger partial charge on any atom is -0.381 e. The molecule has 18 heavy (non-hydrogen) atoms. The third-order valence-corrected chi connectivity index (χ3v) is 3.36. The van der Waals surface area contributed by atoms with E-state index in [1.807, 2.05) is 0 Å². The Morgan fingerprint density at radius 1 is 1.61 bits per heavy atom. The fraction of sp³-hybridized carbons (Fsp3) is 0.643. The van der Waals surface area contributed by atoms with Gasteiger partial charge < -0.3 is 10.1 Å². The Balaban J connectivity index is 2.15. The van der Waals surface area contributed by atoms with Gasteiger partial charge in [0.1, 0.15) is 5.82 Å². The van der Waals surface area contributed by atoms with Crippen molar-refractivity contribution in [3.63, 3.8) is 0 Å². The van der Waals surface area contributed by atoms with Crippen molar-refractivity contribution >= 4 is 0 Å². The van der Waals surface area contributed by atoms with Gasteiger partial charge in [0.25, 0.3) is 0 Å². The lowest BCUT2D eigenvalue weighted by molar-refractivity contribution is 0.0378. The second-order valence-corrected chi connectivity index (χ2v) is 4.78. The summed E-state index contributed by atoms with van der Waals surface area (Å²) in [6, 6.07) is 3.08. The van der Waals surface area contributed by atoms with Crippen molar-refractivity contribution in [2.45, 2.75) is 32.2 Å². The number of nitrogens with zero attached hydrogens (tertiary/aromatic N) is 1. The van der Waals surface area contributed by atoms with Crippen LogP contribution in [0.25, 0.3) is 0 Å². The number of nitrogens with one attached hydrogen (secondary N) is 1. The van der Waals surface area contributed by atoms with Crippen LogP contribution in [0.5, 0.6) is 0 Å². The summed E-state index contributed by atoms with van der Waals surface area (Å²) in [5, 5.41) is 3.41. The molecule has 2 atom stereocenters. The van der Waals surface area contributed by atoms with Gasteiger partial charge in [-0.3, -0.25) is 4.98 Å². The molecular weight excluding hydrogens is 231 g/mol. The first-order chi connectivity index (χ1) is 8.83. The van der Waals surface area contributed by atoms with Crippen molar-refractivity contribution in [1.82, 2.24) is 10.3 Å². The molecular formula is C14H21FN2O. The van der Waals surface area contributed by atoms with E-state index in [-0.39, 0.29) is 11.9 Å². The lowest BCUT2D eigenvalue weighted by Crippen LogP contribution is -2.35. The van der Waals surface area contributed by atoms with Crippen LogP contribution in [0, 0.1) is 11.7 Å². The molecule has 0 aliphatic carbocycles. The van der Waals surface area contributed by atoms with Crippen LogP contribution in [0.2, 0.25) is 0 Å². The molecule has 1 saturated heterocycles. The van der Waals surface area contributed by atoms with E-state index >= 15 is 0 Å². The number of pyridine rings is 1. The number of hydrogen-bond donors (Lipinski definition) is 1. The van der Waals surface area contributed by atoms with Crippen molar-refractivity contribution in [3.8, 4) is 0 Å². The summed E-state index contributed by atoms with van der Waals surface area (Å²) in [6.07, 6.45) is 4.79. The molecule has 100 valence electrons. The topological polar surface area (TPSA) is 34.2 Å². The number of aromatic nitrogens is 1. The summed E-state index contributed by atoms with van der Waals surface area (Å²) in [4.78, 5) is 4.21. The zero-order chi connectivity index (χ0) is 12.8. The Hall–Kier alpha value is -1.00. The van der Waals surface area contributed by atoms with Gasteiger partial charge in [-0.1, -0.05) is 6.92 Å². The average Bonchev–Trinajstić information content (AvgIpc) is 2.42. The predicted octanol–water partition coefficient (Wildman–Crippen LogP) is 2.69. The second kappa shape index (κ2) is 6.81. The first-order valence-electron chi connectivity index (χ1n) is 6.74. The SMILES string of the molecule is CCCNC(c1ncccc1F)C1CCCOC1. The molecule has 2 rings (SSSR count). The quantitative estimate of drug-likeness (QED) is 0.875. The molecule has 2 unspecified atom stereocenters. The van der Waals surface area contributed by atoms with Crippen molar-refractivity contribution in [2.75, 3.05) is 19.8 Å². The summed E-state index contributed by atoms with van der Waals surface area (Å²) in [5.74, 6) is 0.0892. The van der Waals surface area contributed by atoms with E-state index in [9.17, 15) is 4.39 Å². The van der Waals surface area contributed by atoms with Gasteiger partial charge in [0, 0.05) is 18.7 Å². The molecule has 0 aromatic carbocycles. The summed E-state index contributed by atoms with van der Waals surface area (Å²) < 4.78 is 19.4. The summed E-state index contributed by atoms with van der Waals surface area (Å²) >= 11 is 0. The van der Waals surface area contributed by atoms with E-state index in [0.29, 0.717) is 18.2 Å². The van der Waals surface area contributed by atoms with Gasteiger partial charge in [-0.25, -0.2) is 4.39 Å². The predicted molar refractivity (Wildman–Crippen MR) is 68.8 cm³/mol. The maximum absolute atomic E-state index is 13.9. The van der Waals surface area contributed by atoms with Gasteiger partial charge in [0.05, 0.1) is 18.3 Å². The smallest absolute Gasteiger partial charge is 0.146 e. The number of halogens is 1. The van der Waals surface area contributed by atoms with E-state index < -0.39 is 0 Å². The van der Waals surface area contributed by atoms with Crippen molar-refractivity contribution in [1.29, 1.82) is 0 Å². The molecule has 1 aromatic rings. The minimum atomic E-state index is -0.225. The Morgan fingerprint density at radius 2 is 2.50 bits per heavy atom. The van der Waals surface area contributed by atoms with Crippen molar-refractivity contribution < 1.29 is 9.13 Å². The molecule has 0 saturated carbocycles. The third-order valence-electron chi connectivity index (χ3n) is 3.36. The number of hydrogen-bond acceptors (Lipinski definition) is 3. The molecule has 2 heterocycles. The van der Waals surface area contributed by atoms with Gasteiger partial charge in [0.15, 0.2) is 0 Å². The second-order valence-electron chi connectivity index (χ2n) is 4.78. The third kappa shape index (κ3) is 3.27. The Morgan fingerprint density at radius 3 is 3.17 bits per heavy atom. The van der Waals surface area contributed by atoms with Gasteiger partial charge in [-0.05, 0) is 37.9 Å². The minimum absolute atomic E-state index is 0.0357. The highest BCUT2D eigenvalue weighted by atomic mass is 19.1. The summed E-state index contributed by atoms with van der Waals surface area (Å²) in [7, 11) is 0. The van der Waals surface area contributed by atoms with Crippen LogP contribution in [0.4, 0.5) is 4.39 Å². The molecule has 0 radical (unpaired) electrons. The highest BCUT2D eigenvalue weighted by Crippen LogP contribution is 2.29. The molecule has 0 amide bonds. The highest BCUT2D eigenvalue weighted by molar-refractivity contribution is 5.13.